The zero-order chi connectivity index (χ0) is 14.0. The zero-order valence-corrected chi connectivity index (χ0v) is 11.9. The molecule has 1 fully saturated rings. The fourth-order valence-electron chi connectivity index (χ4n) is 2.32. The van der Waals surface area contributed by atoms with Gasteiger partial charge in [0, 0.05) is 32.2 Å². The van der Waals surface area contributed by atoms with Gasteiger partial charge in [0.15, 0.2) is 0 Å². The summed E-state index contributed by atoms with van der Waals surface area (Å²) in [6.45, 7) is 4.54. The number of hydrogen-bond acceptors (Lipinski definition) is 4. The van der Waals surface area contributed by atoms with Crippen LogP contribution in [0.2, 0.25) is 5.15 Å². The number of nitrogens with zero attached hydrogens (tertiary/aromatic N) is 3. The van der Waals surface area contributed by atoms with Crippen LogP contribution in [0.4, 0.5) is 0 Å². The second-order valence-corrected chi connectivity index (χ2v) is 5.16. The normalized spacial score (nSPS) is 20.7. The van der Waals surface area contributed by atoms with Gasteiger partial charge in [0.05, 0.1) is 24.8 Å². The Balaban J connectivity index is 2.00. The van der Waals surface area contributed by atoms with Crippen molar-refractivity contribution in [2.75, 3.05) is 19.7 Å². The summed E-state index contributed by atoms with van der Waals surface area (Å²) in [5.41, 5.74) is 1.91. The number of carbonyl (C=O) groups is 1. The third-order valence-corrected chi connectivity index (χ3v) is 3.75. The van der Waals surface area contributed by atoms with Gasteiger partial charge in [-0.15, -0.1) is 0 Å². The standard InChI is InChI=1S/C12H18ClN3O3/c1-8-10(12(13)15(2)14-8)7-16-3-4-19-9(6-16)5-11(17)18/h9H,3-7H2,1-2H3,(H,17,18). The van der Waals surface area contributed by atoms with Crippen molar-refractivity contribution in [3.63, 3.8) is 0 Å². The van der Waals surface area contributed by atoms with Crippen LogP contribution < -0.4 is 0 Å². The topological polar surface area (TPSA) is 67.6 Å². The highest BCUT2D eigenvalue weighted by molar-refractivity contribution is 6.30. The first-order valence-electron chi connectivity index (χ1n) is 6.21. The quantitative estimate of drug-likeness (QED) is 0.897. The molecule has 106 valence electrons. The number of morpholine rings is 1. The maximum atomic E-state index is 10.7. The smallest absolute Gasteiger partial charge is 0.306 e. The predicted molar refractivity (Wildman–Crippen MR) is 70.2 cm³/mol. The van der Waals surface area contributed by atoms with Crippen LogP contribution >= 0.6 is 11.6 Å². The lowest BCUT2D eigenvalue weighted by atomic mass is 10.2. The molecule has 1 aromatic heterocycles. The average molecular weight is 288 g/mol. The summed E-state index contributed by atoms with van der Waals surface area (Å²) in [6, 6.07) is 0. The minimum atomic E-state index is -0.831. The Morgan fingerprint density at radius 2 is 2.37 bits per heavy atom. The van der Waals surface area contributed by atoms with E-state index in [0.717, 1.165) is 17.8 Å². The van der Waals surface area contributed by atoms with Crippen LogP contribution in [-0.2, 0) is 23.1 Å². The number of ether oxygens (including phenoxy) is 1. The summed E-state index contributed by atoms with van der Waals surface area (Å²) in [5.74, 6) is -0.831. The Bertz CT molecular complexity index is 475. The molecule has 0 bridgehead atoms. The molecule has 1 atom stereocenters. The highest BCUT2D eigenvalue weighted by Gasteiger charge is 2.24. The van der Waals surface area contributed by atoms with Crippen LogP contribution in [0, 0.1) is 6.92 Å². The van der Waals surface area contributed by atoms with Crippen LogP contribution in [0.15, 0.2) is 0 Å². The van der Waals surface area contributed by atoms with Gasteiger partial charge in [0.2, 0.25) is 0 Å². The third-order valence-electron chi connectivity index (χ3n) is 3.28. The van der Waals surface area contributed by atoms with Crippen molar-refractivity contribution in [2.45, 2.75) is 26.0 Å². The van der Waals surface area contributed by atoms with Gasteiger partial charge in [-0.1, -0.05) is 11.6 Å². The average Bonchev–Trinajstić information content (AvgIpc) is 2.56. The monoisotopic (exact) mass is 287 g/mol. The van der Waals surface area contributed by atoms with Crippen LogP contribution in [0.5, 0.6) is 0 Å². The van der Waals surface area contributed by atoms with Crippen molar-refractivity contribution < 1.29 is 14.6 Å². The molecule has 0 spiro atoms. The molecule has 0 radical (unpaired) electrons. The lowest BCUT2D eigenvalue weighted by Crippen LogP contribution is -2.42. The number of hydrogen-bond donors (Lipinski definition) is 1. The van der Waals surface area contributed by atoms with Crippen molar-refractivity contribution in [3.05, 3.63) is 16.4 Å². The second kappa shape index (κ2) is 5.90. The van der Waals surface area contributed by atoms with Crippen LogP contribution in [-0.4, -0.2) is 51.6 Å². The van der Waals surface area contributed by atoms with E-state index in [2.05, 4.69) is 10.00 Å². The van der Waals surface area contributed by atoms with E-state index in [4.69, 9.17) is 21.4 Å². The van der Waals surface area contributed by atoms with E-state index in [9.17, 15) is 4.79 Å². The maximum absolute atomic E-state index is 10.7. The van der Waals surface area contributed by atoms with Gasteiger partial charge >= 0.3 is 5.97 Å². The second-order valence-electron chi connectivity index (χ2n) is 4.80. The molecule has 0 saturated carbocycles. The van der Waals surface area contributed by atoms with E-state index in [1.807, 2.05) is 14.0 Å². The first-order valence-corrected chi connectivity index (χ1v) is 6.59. The molecule has 2 rings (SSSR count). The fraction of sp³-hybridized carbons (Fsp3) is 0.667. The number of rotatable bonds is 4. The minimum absolute atomic E-state index is 0.0380. The highest BCUT2D eigenvalue weighted by Crippen LogP contribution is 2.22. The lowest BCUT2D eigenvalue weighted by Gasteiger charge is -2.32. The molecule has 6 nitrogen and oxygen atoms in total. The summed E-state index contributed by atoms with van der Waals surface area (Å²) in [4.78, 5) is 12.9. The highest BCUT2D eigenvalue weighted by atomic mass is 35.5. The fourth-order valence-corrected chi connectivity index (χ4v) is 2.55. The number of aromatic nitrogens is 2. The van der Waals surface area contributed by atoms with E-state index in [-0.39, 0.29) is 12.5 Å². The first-order chi connectivity index (χ1) is 8.97. The summed E-state index contributed by atoms with van der Waals surface area (Å²) in [6.07, 6.45) is -0.210. The Labute approximate surface area is 116 Å². The van der Waals surface area contributed by atoms with E-state index in [1.54, 1.807) is 4.68 Å². The summed E-state index contributed by atoms with van der Waals surface area (Å²) >= 11 is 6.20. The molecule has 1 unspecified atom stereocenters. The number of carboxylic acid groups (broad SMARTS) is 1. The molecule has 0 aliphatic carbocycles. The van der Waals surface area contributed by atoms with Crippen LogP contribution in [0.25, 0.3) is 0 Å². The maximum Gasteiger partial charge on any atom is 0.306 e. The molecule has 1 aliphatic rings. The Morgan fingerprint density at radius 1 is 1.63 bits per heavy atom. The van der Waals surface area contributed by atoms with Crippen molar-refractivity contribution >= 4 is 17.6 Å². The molecule has 1 aromatic rings. The van der Waals surface area contributed by atoms with E-state index < -0.39 is 5.97 Å². The summed E-state index contributed by atoms with van der Waals surface area (Å²) in [7, 11) is 1.81. The lowest BCUT2D eigenvalue weighted by molar-refractivity contribution is -0.142. The molecule has 1 aliphatic heterocycles. The molecule has 1 N–H and O–H groups in total. The molecule has 19 heavy (non-hydrogen) atoms. The van der Waals surface area contributed by atoms with Gasteiger partial charge < -0.3 is 9.84 Å². The van der Waals surface area contributed by atoms with Gasteiger partial charge in [-0.05, 0) is 6.92 Å². The molecular weight excluding hydrogens is 270 g/mol. The summed E-state index contributed by atoms with van der Waals surface area (Å²) in [5, 5.41) is 13.7. The Kier molecular flexibility index (Phi) is 4.44. The van der Waals surface area contributed by atoms with Gasteiger partial charge in [-0.25, -0.2) is 0 Å². The minimum Gasteiger partial charge on any atom is -0.481 e. The van der Waals surface area contributed by atoms with Gasteiger partial charge in [-0.2, -0.15) is 5.10 Å². The first kappa shape index (κ1) is 14.3. The largest absolute Gasteiger partial charge is 0.481 e. The van der Waals surface area contributed by atoms with Gasteiger partial charge in [0.1, 0.15) is 5.15 Å². The number of aliphatic carboxylic acids is 1. The van der Waals surface area contributed by atoms with Crippen molar-refractivity contribution in [1.29, 1.82) is 0 Å². The van der Waals surface area contributed by atoms with E-state index in [0.29, 0.717) is 24.8 Å². The molecule has 1 saturated heterocycles. The zero-order valence-electron chi connectivity index (χ0n) is 11.1. The molecular formula is C12H18ClN3O3. The number of aryl methyl sites for hydroxylation is 2. The Hall–Kier alpha value is -1.11. The van der Waals surface area contributed by atoms with Crippen LogP contribution in [0.3, 0.4) is 0 Å². The van der Waals surface area contributed by atoms with Crippen molar-refractivity contribution in [1.82, 2.24) is 14.7 Å². The number of carboxylic acids is 1. The van der Waals surface area contributed by atoms with Crippen molar-refractivity contribution in [2.24, 2.45) is 7.05 Å². The van der Waals surface area contributed by atoms with Gasteiger partial charge in [-0.3, -0.25) is 14.4 Å². The van der Waals surface area contributed by atoms with E-state index in [1.165, 1.54) is 0 Å². The van der Waals surface area contributed by atoms with Gasteiger partial charge in [0.25, 0.3) is 0 Å². The van der Waals surface area contributed by atoms with Crippen LogP contribution in [0.1, 0.15) is 17.7 Å². The Morgan fingerprint density at radius 3 is 2.95 bits per heavy atom. The SMILES string of the molecule is Cc1nn(C)c(Cl)c1CN1CCOC(CC(=O)O)C1. The number of halogens is 1. The molecule has 0 amide bonds. The third kappa shape index (κ3) is 3.46. The molecule has 7 heteroatoms. The van der Waals surface area contributed by atoms with Crippen molar-refractivity contribution in [3.8, 4) is 0 Å². The molecule has 0 aromatic carbocycles. The molecule has 2 heterocycles. The summed E-state index contributed by atoms with van der Waals surface area (Å²) < 4.78 is 7.10. The predicted octanol–water partition coefficient (Wildman–Crippen LogP) is 1.06. The van der Waals surface area contributed by atoms with E-state index >= 15 is 0 Å².